The average molecular weight is 255 g/mol. The normalized spacial score (nSPS) is 9.76. The molecule has 5 nitrogen and oxygen atoms in total. The van der Waals surface area contributed by atoms with Crippen molar-refractivity contribution >= 4 is 29.2 Å². The molecule has 1 N–H and O–H groups in total. The number of rotatable bonds is 4. The highest BCUT2D eigenvalue weighted by Crippen LogP contribution is 2.26. The largest absolute Gasteiger partial charge is 0.443 e. The van der Waals surface area contributed by atoms with Gasteiger partial charge >= 0.3 is 0 Å². The Kier molecular flexibility index (Phi) is 4.30. The quantitative estimate of drug-likeness (QED) is 0.660. The number of alkyl halides is 1. The van der Waals surface area contributed by atoms with Gasteiger partial charge in [0.25, 0.3) is 0 Å². The van der Waals surface area contributed by atoms with Crippen LogP contribution in [0.5, 0.6) is 0 Å². The topological polar surface area (TPSA) is 83.1 Å². The van der Waals surface area contributed by atoms with Crippen LogP contribution in [0.1, 0.15) is 35.0 Å². The van der Waals surface area contributed by atoms with E-state index in [1.807, 2.05) is 6.07 Å². The molecule has 1 aromatic rings. The minimum absolute atomic E-state index is 0.00492. The van der Waals surface area contributed by atoms with Gasteiger partial charge in [-0.25, -0.2) is 0 Å². The van der Waals surface area contributed by atoms with Crippen molar-refractivity contribution in [3.63, 3.8) is 0 Å². The van der Waals surface area contributed by atoms with Gasteiger partial charge < -0.3 is 4.42 Å². The van der Waals surface area contributed by atoms with Crippen LogP contribution in [0.15, 0.2) is 4.42 Å². The summed E-state index contributed by atoms with van der Waals surface area (Å²) in [5.74, 6) is -0.144. The molecule has 0 spiro atoms. The molecule has 0 aromatic carbocycles. The first kappa shape index (κ1) is 13.3. The molecule has 0 saturated heterocycles. The molecule has 0 aliphatic heterocycles. The van der Waals surface area contributed by atoms with Gasteiger partial charge in [-0.1, -0.05) is 0 Å². The summed E-state index contributed by atoms with van der Waals surface area (Å²) in [4.78, 5) is 22.6. The van der Waals surface area contributed by atoms with Crippen LogP contribution in [0, 0.1) is 18.3 Å². The van der Waals surface area contributed by atoms with Crippen molar-refractivity contribution in [3.8, 4) is 6.07 Å². The zero-order valence-electron chi connectivity index (χ0n) is 9.46. The van der Waals surface area contributed by atoms with E-state index in [4.69, 9.17) is 21.3 Å². The molecule has 1 rings (SSSR count). The van der Waals surface area contributed by atoms with E-state index in [0.717, 1.165) is 0 Å². The maximum Gasteiger partial charge on any atom is 0.227 e. The number of hydrogen-bond donors (Lipinski definition) is 1. The van der Waals surface area contributed by atoms with E-state index in [9.17, 15) is 9.59 Å². The molecule has 0 radical (unpaired) electrons. The van der Waals surface area contributed by atoms with Gasteiger partial charge in [0.15, 0.2) is 5.78 Å². The number of nitrogens with one attached hydrogen (secondary N) is 1. The first-order chi connectivity index (χ1) is 8.01. The number of nitriles is 1. The summed E-state index contributed by atoms with van der Waals surface area (Å²) in [6, 6.07) is 1.85. The predicted molar refractivity (Wildman–Crippen MR) is 62.1 cm³/mol. The minimum atomic E-state index is -0.361. The fourth-order valence-corrected chi connectivity index (χ4v) is 1.61. The molecule has 90 valence electrons. The second-order valence-corrected chi connectivity index (χ2v) is 3.77. The van der Waals surface area contributed by atoms with Crippen molar-refractivity contribution < 1.29 is 14.0 Å². The molecule has 17 heavy (non-hydrogen) atoms. The molecule has 6 heteroatoms. The number of furan rings is 1. The van der Waals surface area contributed by atoms with Crippen molar-refractivity contribution in [1.82, 2.24) is 0 Å². The van der Waals surface area contributed by atoms with E-state index >= 15 is 0 Å². The van der Waals surface area contributed by atoms with Gasteiger partial charge in [-0.05, 0) is 13.8 Å². The lowest BCUT2D eigenvalue weighted by Crippen LogP contribution is -2.12. The first-order valence-corrected chi connectivity index (χ1v) is 5.45. The van der Waals surface area contributed by atoms with E-state index in [2.05, 4.69) is 5.32 Å². The van der Waals surface area contributed by atoms with Crippen LogP contribution in [0.2, 0.25) is 0 Å². The van der Waals surface area contributed by atoms with Gasteiger partial charge in [-0.3, -0.25) is 14.9 Å². The number of halogens is 1. The SMILES string of the molecule is CC(=O)c1c(C)oc(NC(=O)CCCl)c1C#N. The summed E-state index contributed by atoms with van der Waals surface area (Å²) in [5, 5.41) is 11.4. The fourth-order valence-electron chi connectivity index (χ4n) is 1.44. The first-order valence-electron chi connectivity index (χ1n) is 4.91. The Bertz CT molecular complexity index is 500. The summed E-state index contributed by atoms with van der Waals surface area (Å²) in [6.07, 6.45) is 0.113. The number of carbonyl (C=O) groups excluding carboxylic acids is 2. The number of aryl methyl sites for hydroxylation is 1. The molecule has 1 aromatic heterocycles. The van der Waals surface area contributed by atoms with Crippen molar-refractivity contribution in [2.45, 2.75) is 20.3 Å². The molecule has 0 fully saturated rings. The zero-order chi connectivity index (χ0) is 13.0. The molecule has 0 saturated carbocycles. The highest BCUT2D eigenvalue weighted by Gasteiger charge is 2.22. The van der Waals surface area contributed by atoms with Crippen LogP contribution in [-0.2, 0) is 4.79 Å². The highest BCUT2D eigenvalue weighted by molar-refractivity contribution is 6.19. The van der Waals surface area contributed by atoms with E-state index in [-0.39, 0.29) is 41.0 Å². The molecule has 0 aliphatic carbocycles. The Morgan fingerprint density at radius 3 is 2.65 bits per heavy atom. The Balaban J connectivity index is 3.10. The van der Waals surface area contributed by atoms with Gasteiger partial charge in [0.1, 0.15) is 17.4 Å². The maximum absolute atomic E-state index is 11.3. The lowest BCUT2D eigenvalue weighted by molar-refractivity contribution is -0.115. The zero-order valence-corrected chi connectivity index (χ0v) is 10.2. The van der Waals surface area contributed by atoms with Crippen molar-refractivity contribution in [2.75, 3.05) is 11.2 Å². The molecule has 0 unspecified atom stereocenters. The Morgan fingerprint density at radius 2 is 2.18 bits per heavy atom. The average Bonchev–Trinajstić information content (AvgIpc) is 2.54. The monoisotopic (exact) mass is 254 g/mol. The van der Waals surface area contributed by atoms with Crippen LogP contribution in [0.3, 0.4) is 0 Å². The van der Waals surface area contributed by atoms with E-state index in [1.54, 1.807) is 6.92 Å². The summed E-state index contributed by atoms with van der Waals surface area (Å²) in [5.41, 5.74) is 0.256. The molecule has 0 atom stereocenters. The number of anilines is 1. The molecule has 1 amide bonds. The third kappa shape index (κ3) is 2.86. The smallest absolute Gasteiger partial charge is 0.227 e. The van der Waals surface area contributed by atoms with E-state index in [0.29, 0.717) is 5.76 Å². The van der Waals surface area contributed by atoms with Gasteiger partial charge in [-0.15, -0.1) is 11.6 Å². The standard InChI is InChI=1S/C11H11ClN2O3/c1-6(15)10-7(2)17-11(8(10)5-13)14-9(16)3-4-12/h3-4H2,1-2H3,(H,14,16). The van der Waals surface area contributed by atoms with E-state index < -0.39 is 0 Å². The number of hydrogen-bond acceptors (Lipinski definition) is 4. The van der Waals surface area contributed by atoms with Gasteiger partial charge in [0.05, 0.1) is 5.56 Å². The Labute approximate surface area is 103 Å². The van der Waals surface area contributed by atoms with Crippen LogP contribution in [-0.4, -0.2) is 17.6 Å². The highest BCUT2D eigenvalue weighted by atomic mass is 35.5. The fraction of sp³-hybridized carbons (Fsp3) is 0.364. The Hall–Kier alpha value is -1.80. The maximum atomic E-state index is 11.3. The third-order valence-electron chi connectivity index (χ3n) is 2.12. The van der Waals surface area contributed by atoms with Crippen molar-refractivity contribution in [2.24, 2.45) is 0 Å². The van der Waals surface area contributed by atoms with Gasteiger partial charge in [0.2, 0.25) is 11.8 Å². The molecule has 0 bridgehead atoms. The van der Waals surface area contributed by atoms with Gasteiger partial charge in [0, 0.05) is 12.3 Å². The summed E-state index contributed by atoms with van der Waals surface area (Å²) >= 11 is 5.41. The number of ketones is 1. The summed E-state index contributed by atoms with van der Waals surface area (Å²) < 4.78 is 5.20. The second kappa shape index (κ2) is 5.51. The Morgan fingerprint density at radius 1 is 1.53 bits per heavy atom. The number of nitrogens with zero attached hydrogens (tertiary/aromatic N) is 1. The van der Waals surface area contributed by atoms with Crippen LogP contribution >= 0.6 is 11.6 Å². The second-order valence-electron chi connectivity index (χ2n) is 3.39. The van der Waals surface area contributed by atoms with Crippen molar-refractivity contribution in [1.29, 1.82) is 5.26 Å². The number of Topliss-reactive ketones (excluding diaryl/α,β-unsaturated/α-hetero) is 1. The number of amides is 1. The predicted octanol–water partition coefficient (Wildman–Crippen LogP) is 2.23. The molecule has 1 heterocycles. The lowest BCUT2D eigenvalue weighted by atomic mass is 10.1. The molecular weight excluding hydrogens is 244 g/mol. The van der Waals surface area contributed by atoms with Crippen LogP contribution < -0.4 is 5.32 Å². The summed E-state index contributed by atoms with van der Waals surface area (Å²) in [6.45, 7) is 2.90. The third-order valence-corrected chi connectivity index (χ3v) is 2.31. The number of carbonyl (C=O) groups is 2. The molecular formula is C11H11ClN2O3. The van der Waals surface area contributed by atoms with E-state index in [1.165, 1.54) is 6.92 Å². The van der Waals surface area contributed by atoms with Crippen molar-refractivity contribution in [3.05, 3.63) is 16.9 Å². The van der Waals surface area contributed by atoms with Crippen LogP contribution in [0.25, 0.3) is 0 Å². The van der Waals surface area contributed by atoms with Crippen LogP contribution in [0.4, 0.5) is 5.88 Å². The minimum Gasteiger partial charge on any atom is -0.443 e. The van der Waals surface area contributed by atoms with Gasteiger partial charge in [-0.2, -0.15) is 5.26 Å². The molecule has 0 aliphatic rings. The summed E-state index contributed by atoms with van der Waals surface area (Å²) in [7, 11) is 0. The lowest BCUT2D eigenvalue weighted by Gasteiger charge is -1.99.